The van der Waals surface area contributed by atoms with E-state index in [0.29, 0.717) is 0 Å². The first kappa shape index (κ1) is 22.7. The monoisotopic (exact) mass is 470 g/mol. The van der Waals surface area contributed by atoms with E-state index in [1.807, 2.05) is 62.4 Å². The van der Waals surface area contributed by atoms with Crippen molar-refractivity contribution in [3.05, 3.63) is 77.0 Å². The third kappa shape index (κ3) is 4.80. The van der Waals surface area contributed by atoms with Crippen LogP contribution >= 0.6 is 12.2 Å². The van der Waals surface area contributed by atoms with Gasteiger partial charge in [0.05, 0.1) is 12.2 Å². The Balaban J connectivity index is 1.48. The molecular formula is C23H24F2N6OS. The van der Waals surface area contributed by atoms with Crippen LogP contribution in [0.5, 0.6) is 0 Å². The number of thiocarbonyl (C=S) groups is 1. The second kappa shape index (κ2) is 9.53. The van der Waals surface area contributed by atoms with Gasteiger partial charge in [-0.3, -0.25) is 15.6 Å². The lowest BCUT2D eigenvalue weighted by Gasteiger charge is -2.32. The number of hydrogen-bond acceptors (Lipinski definition) is 4. The number of rotatable bonds is 4. The van der Waals surface area contributed by atoms with Gasteiger partial charge in [0.15, 0.2) is 5.11 Å². The van der Waals surface area contributed by atoms with E-state index >= 15 is 0 Å². The van der Waals surface area contributed by atoms with Crippen LogP contribution in [0, 0.1) is 13.8 Å². The smallest absolute Gasteiger partial charge is 0.275 e. The molecular weight excluding hydrogens is 446 g/mol. The lowest BCUT2D eigenvalue weighted by Crippen LogP contribution is -2.44. The van der Waals surface area contributed by atoms with Crippen molar-refractivity contribution in [1.29, 1.82) is 0 Å². The topological polar surface area (TPSA) is 83.0 Å². The van der Waals surface area contributed by atoms with Crippen LogP contribution in [0.2, 0.25) is 0 Å². The minimum Gasteiger partial charge on any atom is -0.363 e. The summed E-state index contributed by atoms with van der Waals surface area (Å²) in [5, 5.41) is 10.5. The van der Waals surface area contributed by atoms with Crippen molar-refractivity contribution >= 4 is 34.7 Å². The molecule has 172 valence electrons. The van der Waals surface area contributed by atoms with Gasteiger partial charge in [0.1, 0.15) is 17.4 Å². The summed E-state index contributed by atoms with van der Waals surface area (Å²) in [7, 11) is 0. The Kier molecular flexibility index (Phi) is 6.55. The normalized spacial score (nSPS) is 17.1. The molecule has 2 heterocycles. The van der Waals surface area contributed by atoms with Gasteiger partial charge in [0, 0.05) is 5.69 Å². The summed E-state index contributed by atoms with van der Waals surface area (Å²) in [5.41, 5.74) is 9.13. The predicted octanol–water partition coefficient (Wildman–Crippen LogP) is 4.49. The molecule has 4 rings (SSSR count). The largest absolute Gasteiger partial charge is 0.363 e. The maximum absolute atomic E-state index is 13.8. The van der Waals surface area contributed by atoms with Gasteiger partial charge in [0.25, 0.3) is 12.3 Å². The van der Waals surface area contributed by atoms with Crippen LogP contribution in [-0.4, -0.2) is 27.2 Å². The molecule has 2 atom stereocenters. The zero-order chi connectivity index (χ0) is 23.5. The Hall–Kier alpha value is -3.53. The van der Waals surface area contributed by atoms with Crippen LogP contribution in [0.3, 0.4) is 0 Å². The van der Waals surface area contributed by atoms with Crippen molar-refractivity contribution in [1.82, 2.24) is 20.6 Å². The standard InChI is InChI=1S/C23H24F2N6OS/c1-13-7-6-10-17(14(13)2)28-23(33)30-29-22(32)16-12-26-31-19(20(24)25)11-18(27-21(16)31)15-8-4-3-5-9-15/h3-10,12,18-20,27H,11H2,1-2H3,(H,29,32)(H2,28,30,33)/t18-,19-/m0/s1. The molecule has 1 aromatic heterocycles. The highest BCUT2D eigenvalue weighted by Gasteiger charge is 2.36. The van der Waals surface area contributed by atoms with Crippen molar-refractivity contribution in [3.8, 4) is 0 Å². The predicted molar refractivity (Wildman–Crippen MR) is 127 cm³/mol. The Bertz CT molecular complexity index is 1170. The summed E-state index contributed by atoms with van der Waals surface area (Å²) in [6, 6.07) is 13.5. The van der Waals surface area contributed by atoms with Crippen LogP contribution < -0.4 is 21.5 Å². The molecule has 0 bridgehead atoms. The van der Waals surface area contributed by atoms with Crippen LogP contribution in [-0.2, 0) is 0 Å². The third-order valence-corrected chi connectivity index (χ3v) is 5.98. The summed E-state index contributed by atoms with van der Waals surface area (Å²) in [5.74, 6) is -0.302. The number of nitrogens with one attached hydrogen (secondary N) is 4. The average Bonchev–Trinajstić information content (AvgIpc) is 3.24. The highest BCUT2D eigenvalue weighted by molar-refractivity contribution is 7.80. The van der Waals surface area contributed by atoms with Gasteiger partial charge in [-0.1, -0.05) is 42.5 Å². The number of benzene rings is 2. The molecule has 4 N–H and O–H groups in total. The molecule has 0 unspecified atom stereocenters. The van der Waals surface area contributed by atoms with E-state index < -0.39 is 18.4 Å². The number of aryl methyl sites for hydroxylation is 1. The number of amides is 1. The highest BCUT2D eigenvalue weighted by atomic mass is 32.1. The molecule has 0 saturated carbocycles. The molecule has 0 spiro atoms. The molecule has 33 heavy (non-hydrogen) atoms. The van der Waals surface area contributed by atoms with Gasteiger partial charge in [-0.25, -0.2) is 13.5 Å². The number of halogens is 2. The van der Waals surface area contributed by atoms with Crippen LogP contribution in [0.1, 0.15) is 45.6 Å². The Morgan fingerprint density at radius 3 is 2.64 bits per heavy atom. The number of carbonyl (C=O) groups is 1. The first-order chi connectivity index (χ1) is 15.8. The number of hydrazine groups is 1. The summed E-state index contributed by atoms with van der Waals surface area (Å²) in [6.45, 7) is 3.95. The van der Waals surface area contributed by atoms with Gasteiger partial charge in [-0.2, -0.15) is 5.10 Å². The quantitative estimate of drug-likeness (QED) is 0.332. The second-order valence-electron chi connectivity index (χ2n) is 7.88. The molecule has 0 saturated heterocycles. The summed E-state index contributed by atoms with van der Waals surface area (Å²) in [6.07, 6.45) is -1.19. The van der Waals surface area contributed by atoms with E-state index in [0.717, 1.165) is 22.4 Å². The minimum atomic E-state index is -2.62. The molecule has 1 aliphatic rings. The Morgan fingerprint density at radius 1 is 1.15 bits per heavy atom. The zero-order valence-electron chi connectivity index (χ0n) is 18.1. The molecule has 1 amide bonds. The number of hydrogen-bond donors (Lipinski definition) is 4. The first-order valence-corrected chi connectivity index (χ1v) is 10.9. The number of anilines is 2. The fourth-order valence-corrected chi connectivity index (χ4v) is 3.99. The first-order valence-electron chi connectivity index (χ1n) is 10.5. The molecule has 7 nitrogen and oxygen atoms in total. The maximum Gasteiger partial charge on any atom is 0.275 e. The third-order valence-electron chi connectivity index (χ3n) is 5.78. The van der Waals surface area contributed by atoms with E-state index in [2.05, 4.69) is 26.6 Å². The molecule has 2 aromatic carbocycles. The Labute approximate surface area is 195 Å². The van der Waals surface area contributed by atoms with Crippen LogP contribution in [0.25, 0.3) is 0 Å². The van der Waals surface area contributed by atoms with Gasteiger partial charge < -0.3 is 10.6 Å². The lowest BCUT2D eigenvalue weighted by molar-refractivity contribution is 0.0656. The summed E-state index contributed by atoms with van der Waals surface area (Å²) >= 11 is 5.27. The number of alkyl halides is 2. The summed E-state index contributed by atoms with van der Waals surface area (Å²) < 4.78 is 28.8. The second-order valence-corrected chi connectivity index (χ2v) is 8.29. The van der Waals surface area contributed by atoms with Crippen molar-refractivity contribution < 1.29 is 13.6 Å². The lowest BCUT2D eigenvalue weighted by atomic mass is 9.97. The fraction of sp³-hybridized carbons (Fsp3) is 0.261. The number of nitrogens with zero attached hydrogens (tertiary/aromatic N) is 2. The molecule has 0 radical (unpaired) electrons. The van der Waals surface area contributed by atoms with Crippen molar-refractivity contribution in [3.63, 3.8) is 0 Å². The summed E-state index contributed by atoms with van der Waals surface area (Å²) in [4.78, 5) is 12.8. The molecule has 10 heteroatoms. The van der Waals surface area contributed by atoms with Crippen LogP contribution in [0.4, 0.5) is 20.3 Å². The fourth-order valence-electron chi connectivity index (χ4n) is 3.82. The highest BCUT2D eigenvalue weighted by Crippen LogP contribution is 2.39. The minimum absolute atomic E-state index is 0.142. The van der Waals surface area contributed by atoms with Gasteiger partial charge in [0.2, 0.25) is 0 Å². The molecule has 0 aliphatic carbocycles. The maximum atomic E-state index is 13.8. The SMILES string of the molecule is Cc1cccc(NC(=S)NNC(=O)c2cnn3c2N[C@H](c2ccccc2)C[C@H]3C(F)F)c1C. The molecule has 0 fully saturated rings. The van der Waals surface area contributed by atoms with E-state index in [1.54, 1.807) is 0 Å². The Morgan fingerprint density at radius 2 is 1.91 bits per heavy atom. The number of carbonyl (C=O) groups excluding carboxylic acids is 1. The average molecular weight is 471 g/mol. The van der Waals surface area contributed by atoms with E-state index in [4.69, 9.17) is 12.2 Å². The number of fused-ring (bicyclic) bond motifs is 1. The van der Waals surface area contributed by atoms with Crippen molar-refractivity contribution in [2.75, 3.05) is 10.6 Å². The van der Waals surface area contributed by atoms with Gasteiger partial charge in [-0.05, 0) is 55.2 Å². The van der Waals surface area contributed by atoms with E-state index in [-0.39, 0.29) is 29.0 Å². The van der Waals surface area contributed by atoms with E-state index in [1.165, 1.54) is 10.9 Å². The van der Waals surface area contributed by atoms with Crippen LogP contribution in [0.15, 0.2) is 54.7 Å². The van der Waals surface area contributed by atoms with Gasteiger partial charge >= 0.3 is 0 Å². The van der Waals surface area contributed by atoms with Crippen molar-refractivity contribution in [2.24, 2.45) is 0 Å². The molecule has 1 aliphatic heterocycles. The number of aromatic nitrogens is 2. The zero-order valence-corrected chi connectivity index (χ0v) is 18.9. The van der Waals surface area contributed by atoms with E-state index in [9.17, 15) is 13.6 Å². The van der Waals surface area contributed by atoms with Crippen molar-refractivity contribution in [2.45, 2.75) is 38.8 Å². The molecule has 3 aromatic rings. The van der Waals surface area contributed by atoms with Gasteiger partial charge in [-0.15, -0.1) is 0 Å².